The van der Waals surface area contributed by atoms with E-state index in [-0.39, 0.29) is 5.78 Å². The van der Waals surface area contributed by atoms with Crippen LogP contribution in [-0.4, -0.2) is 27.1 Å². The molecule has 23 heavy (non-hydrogen) atoms. The summed E-state index contributed by atoms with van der Waals surface area (Å²) < 4.78 is 15.8. The van der Waals surface area contributed by atoms with Gasteiger partial charge in [0, 0.05) is 5.69 Å². The maximum atomic E-state index is 12.4. The van der Waals surface area contributed by atoms with E-state index in [4.69, 9.17) is 19.9 Å². The van der Waals surface area contributed by atoms with Gasteiger partial charge in [0.25, 0.3) is 0 Å². The van der Waals surface area contributed by atoms with Crippen LogP contribution in [0.4, 0.5) is 5.69 Å². The van der Waals surface area contributed by atoms with Crippen molar-refractivity contribution in [2.24, 2.45) is 0 Å². The molecule has 0 radical (unpaired) electrons. The van der Waals surface area contributed by atoms with Crippen molar-refractivity contribution < 1.29 is 19.0 Å². The first-order valence-electron chi connectivity index (χ1n) is 6.97. The summed E-state index contributed by atoms with van der Waals surface area (Å²) in [5.41, 5.74) is 7.59. The van der Waals surface area contributed by atoms with Crippen molar-refractivity contribution in [3.8, 4) is 17.2 Å². The average molecular weight is 313 g/mol. The summed E-state index contributed by atoms with van der Waals surface area (Å²) >= 11 is 0. The Hall–Kier alpha value is -2.95. The molecule has 0 aromatic heterocycles. The van der Waals surface area contributed by atoms with E-state index in [0.29, 0.717) is 28.5 Å². The predicted molar refractivity (Wildman–Crippen MR) is 90.3 cm³/mol. The summed E-state index contributed by atoms with van der Waals surface area (Å²) in [4.78, 5) is 12.4. The third kappa shape index (κ3) is 3.63. The summed E-state index contributed by atoms with van der Waals surface area (Å²) in [5, 5.41) is 0. The zero-order chi connectivity index (χ0) is 16.8. The monoisotopic (exact) mass is 313 g/mol. The number of carbonyl (C=O) groups excluding carboxylic acids is 1. The summed E-state index contributed by atoms with van der Waals surface area (Å²) in [7, 11) is 4.51. The number of ketones is 1. The molecule has 5 heteroatoms. The number of methoxy groups -OCH3 is 3. The maximum Gasteiger partial charge on any atom is 0.204 e. The minimum Gasteiger partial charge on any atom is -0.493 e. The Morgan fingerprint density at radius 3 is 2.13 bits per heavy atom. The Morgan fingerprint density at radius 1 is 0.913 bits per heavy atom. The van der Waals surface area contributed by atoms with Crippen molar-refractivity contribution in [2.45, 2.75) is 0 Å². The van der Waals surface area contributed by atoms with Crippen LogP contribution in [0.1, 0.15) is 15.9 Å². The lowest BCUT2D eigenvalue weighted by Crippen LogP contribution is -2.02. The van der Waals surface area contributed by atoms with Crippen LogP contribution in [0.25, 0.3) is 6.08 Å². The number of nitrogens with two attached hydrogens (primary N) is 1. The number of hydrogen-bond donors (Lipinski definition) is 1. The summed E-state index contributed by atoms with van der Waals surface area (Å²) in [5.74, 6) is 1.04. The molecule has 0 saturated heterocycles. The normalized spacial score (nSPS) is 10.6. The number of benzene rings is 2. The molecule has 0 fully saturated rings. The number of allylic oxidation sites excluding steroid dienone is 1. The third-order valence-electron chi connectivity index (χ3n) is 3.33. The zero-order valence-corrected chi connectivity index (χ0v) is 13.3. The van der Waals surface area contributed by atoms with Crippen molar-refractivity contribution in [3.63, 3.8) is 0 Å². The first-order valence-corrected chi connectivity index (χ1v) is 6.97. The van der Waals surface area contributed by atoms with Gasteiger partial charge in [0.15, 0.2) is 17.3 Å². The van der Waals surface area contributed by atoms with Crippen LogP contribution < -0.4 is 19.9 Å². The molecule has 0 amide bonds. The average Bonchev–Trinajstić information content (AvgIpc) is 2.59. The van der Waals surface area contributed by atoms with Gasteiger partial charge in [-0.3, -0.25) is 4.79 Å². The van der Waals surface area contributed by atoms with E-state index in [1.807, 2.05) is 12.1 Å². The van der Waals surface area contributed by atoms with Crippen LogP contribution in [0.3, 0.4) is 0 Å². The third-order valence-corrected chi connectivity index (χ3v) is 3.33. The molecule has 2 aromatic rings. The number of nitrogen functional groups attached to an aromatic ring is 1. The standard InChI is InChI=1S/C18H19NO4/c1-21-16-11-9-14(17(22-2)18(16)23-3)15(20)10-6-12-4-7-13(19)8-5-12/h4-11H,19H2,1-3H3/b10-6+. The van der Waals surface area contributed by atoms with Gasteiger partial charge in [-0.25, -0.2) is 0 Å². The van der Waals surface area contributed by atoms with Gasteiger partial charge in [-0.05, 0) is 35.9 Å². The molecule has 0 unspecified atom stereocenters. The Labute approximate surface area is 135 Å². The molecule has 5 nitrogen and oxygen atoms in total. The van der Waals surface area contributed by atoms with E-state index < -0.39 is 0 Å². The highest BCUT2D eigenvalue weighted by atomic mass is 16.5. The summed E-state index contributed by atoms with van der Waals surface area (Å²) in [6.45, 7) is 0. The van der Waals surface area contributed by atoms with Gasteiger partial charge in [0.05, 0.1) is 26.9 Å². The highest BCUT2D eigenvalue weighted by Gasteiger charge is 2.19. The molecule has 0 aliphatic rings. The predicted octanol–water partition coefficient (Wildman–Crippen LogP) is 3.19. The number of anilines is 1. The fraction of sp³-hybridized carbons (Fsp3) is 0.167. The molecule has 2 N–H and O–H groups in total. The van der Waals surface area contributed by atoms with Crippen molar-refractivity contribution in [2.75, 3.05) is 27.1 Å². The van der Waals surface area contributed by atoms with Crippen LogP contribution in [0, 0.1) is 0 Å². The highest BCUT2D eigenvalue weighted by Crippen LogP contribution is 2.40. The van der Waals surface area contributed by atoms with E-state index in [9.17, 15) is 4.79 Å². The lowest BCUT2D eigenvalue weighted by molar-refractivity contribution is 0.104. The number of carbonyl (C=O) groups is 1. The van der Waals surface area contributed by atoms with Gasteiger partial charge in [-0.15, -0.1) is 0 Å². The summed E-state index contributed by atoms with van der Waals surface area (Å²) in [6.07, 6.45) is 3.20. The Balaban J connectivity index is 2.33. The SMILES string of the molecule is COc1ccc(C(=O)/C=C/c2ccc(N)cc2)c(OC)c1OC. The lowest BCUT2D eigenvalue weighted by Gasteiger charge is -2.14. The second-order valence-corrected chi connectivity index (χ2v) is 4.75. The molecule has 0 bridgehead atoms. The van der Waals surface area contributed by atoms with Crippen LogP contribution >= 0.6 is 0 Å². The molecule has 0 spiro atoms. The second-order valence-electron chi connectivity index (χ2n) is 4.75. The molecule has 0 atom stereocenters. The maximum absolute atomic E-state index is 12.4. The molecule has 0 saturated carbocycles. The quantitative estimate of drug-likeness (QED) is 0.504. The van der Waals surface area contributed by atoms with Crippen LogP contribution in [0.2, 0.25) is 0 Å². The number of ether oxygens (including phenoxy) is 3. The van der Waals surface area contributed by atoms with Crippen LogP contribution in [0.5, 0.6) is 17.2 Å². The van der Waals surface area contributed by atoms with Crippen molar-refractivity contribution >= 4 is 17.5 Å². The molecule has 120 valence electrons. The van der Waals surface area contributed by atoms with Crippen LogP contribution in [-0.2, 0) is 0 Å². The Morgan fingerprint density at radius 2 is 1.57 bits per heavy atom. The van der Waals surface area contributed by atoms with Crippen molar-refractivity contribution in [1.82, 2.24) is 0 Å². The first kappa shape index (κ1) is 16.4. The van der Waals surface area contributed by atoms with Gasteiger partial charge in [0.2, 0.25) is 5.75 Å². The topological polar surface area (TPSA) is 70.8 Å². The van der Waals surface area contributed by atoms with Gasteiger partial charge < -0.3 is 19.9 Å². The fourth-order valence-corrected chi connectivity index (χ4v) is 2.16. The molecule has 0 heterocycles. The van der Waals surface area contributed by atoms with E-state index in [1.165, 1.54) is 27.4 Å². The largest absolute Gasteiger partial charge is 0.493 e. The van der Waals surface area contributed by atoms with Gasteiger partial charge in [-0.1, -0.05) is 18.2 Å². The highest BCUT2D eigenvalue weighted by molar-refractivity contribution is 6.09. The molecule has 0 aliphatic heterocycles. The van der Waals surface area contributed by atoms with Gasteiger partial charge >= 0.3 is 0 Å². The molecule has 2 aromatic carbocycles. The van der Waals surface area contributed by atoms with E-state index >= 15 is 0 Å². The molecular weight excluding hydrogens is 294 g/mol. The Bertz CT molecular complexity index is 721. The van der Waals surface area contributed by atoms with Gasteiger partial charge in [0.1, 0.15) is 0 Å². The second kappa shape index (κ2) is 7.35. The summed E-state index contributed by atoms with van der Waals surface area (Å²) in [6, 6.07) is 10.6. The molecule has 2 rings (SSSR count). The smallest absolute Gasteiger partial charge is 0.204 e. The van der Waals surface area contributed by atoms with E-state index in [2.05, 4.69) is 0 Å². The van der Waals surface area contributed by atoms with Crippen molar-refractivity contribution in [1.29, 1.82) is 0 Å². The fourth-order valence-electron chi connectivity index (χ4n) is 2.16. The minimum absolute atomic E-state index is 0.195. The van der Waals surface area contributed by atoms with Gasteiger partial charge in [-0.2, -0.15) is 0 Å². The number of rotatable bonds is 6. The van der Waals surface area contributed by atoms with Crippen LogP contribution in [0.15, 0.2) is 42.5 Å². The zero-order valence-electron chi connectivity index (χ0n) is 13.3. The Kier molecular flexibility index (Phi) is 5.25. The molecule has 0 aliphatic carbocycles. The van der Waals surface area contributed by atoms with E-state index in [0.717, 1.165) is 5.56 Å². The van der Waals surface area contributed by atoms with Crippen molar-refractivity contribution in [3.05, 3.63) is 53.6 Å². The first-order chi connectivity index (χ1) is 11.1. The number of hydrogen-bond acceptors (Lipinski definition) is 5. The van der Waals surface area contributed by atoms with E-state index in [1.54, 1.807) is 30.3 Å². The lowest BCUT2D eigenvalue weighted by atomic mass is 10.1. The molecular formula is C18H19NO4. The minimum atomic E-state index is -0.195.